The largest absolute Gasteiger partial charge is 0.494 e. The number of rotatable bonds is 11. The summed E-state index contributed by atoms with van der Waals surface area (Å²) in [7, 11) is 0. The molecule has 4 rings (SSSR count). The van der Waals surface area contributed by atoms with Crippen LogP contribution in [0, 0.1) is 0 Å². The standard InChI is InChI=1S/C25H31F3N2O5.C2H6/c1-17(25(26,27)28)5-6-19-22(14-20-24(19)29-20)33-9-3-2-4-10-34-23-16-35-18(13-21(23)31)15-30-7-11-32-12-8-30;1-2/h5-6,13-14,16,20,24,29H,2-4,7-12,15H2,1H3;1-2H3/b17-5+,19-6-;. The Kier molecular flexibility index (Phi) is 10.8. The molecule has 2 atom stereocenters. The number of morpholine rings is 1. The zero-order valence-electron chi connectivity index (χ0n) is 21.7. The summed E-state index contributed by atoms with van der Waals surface area (Å²) in [6, 6.07) is 1.67. The maximum Gasteiger partial charge on any atom is 0.412 e. The predicted octanol–water partition coefficient (Wildman–Crippen LogP) is 4.74. The van der Waals surface area contributed by atoms with Crippen molar-refractivity contribution < 1.29 is 31.8 Å². The van der Waals surface area contributed by atoms with Gasteiger partial charge < -0.3 is 18.6 Å². The van der Waals surface area contributed by atoms with Crippen LogP contribution in [0.4, 0.5) is 13.2 Å². The lowest BCUT2D eigenvalue weighted by atomic mass is 10.1. The van der Waals surface area contributed by atoms with Crippen molar-refractivity contribution in [3.05, 3.63) is 63.4 Å². The Hall–Kier alpha value is -2.56. The fourth-order valence-electron chi connectivity index (χ4n) is 3.97. The minimum atomic E-state index is -4.33. The van der Waals surface area contributed by atoms with E-state index in [2.05, 4.69) is 10.2 Å². The smallest absolute Gasteiger partial charge is 0.412 e. The van der Waals surface area contributed by atoms with E-state index in [-0.39, 0.29) is 23.3 Å². The monoisotopic (exact) mass is 526 g/mol. The molecule has 3 aliphatic rings. The third-order valence-electron chi connectivity index (χ3n) is 6.17. The van der Waals surface area contributed by atoms with E-state index >= 15 is 0 Å². The van der Waals surface area contributed by atoms with E-state index in [4.69, 9.17) is 18.6 Å². The summed E-state index contributed by atoms with van der Waals surface area (Å²) < 4.78 is 60.4. The van der Waals surface area contributed by atoms with Gasteiger partial charge in [0.05, 0.1) is 39.0 Å². The van der Waals surface area contributed by atoms with E-state index in [1.54, 1.807) is 0 Å². The molecule has 0 radical (unpaired) electrons. The second-order valence-corrected chi connectivity index (χ2v) is 8.89. The molecule has 10 heteroatoms. The highest BCUT2D eigenvalue weighted by molar-refractivity contribution is 5.49. The fourth-order valence-corrected chi connectivity index (χ4v) is 3.97. The van der Waals surface area contributed by atoms with Crippen LogP contribution in [0.3, 0.4) is 0 Å². The van der Waals surface area contributed by atoms with Crippen LogP contribution in [0.15, 0.2) is 56.7 Å². The van der Waals surface area contributed by atoms with Gasteiger partial charge >= 0.3 is 6.18 Å². The van der Waals surface area contributed by atoms with Crippen LogP contribution in [-0.2, 0) is 16.0 Å². The molecule has 2 saturated heterocycles. The summed E-state index contributed by atoms with van der Waals surface area (Å²) >= 11 is 0. The molecule has 3 heterocycles. The first-order valence-corrected chi connectivity index (χ1v) is 12.9. The molecule has 0 spiro atoms. The Morgan fingerprint density at radius 1 is 1.16 bits per heavy atom. The maximum absolute atomic E-state index is 12.7. The highest BCUT2D eigenvalue weighted by Gasteiger charge is 2.45. The average molecular weight is 527 g/mol. The van der Waals surface area contributed by atoms with E-state index in [1.807, 2.05) is 19.9 Å². The molecular weight excluding hydrogens is 489 g/mol. The van der Waals surface area contributed by atoms with Gasteiger partial charge in [-0.15, -0.1) is 0 Å². The number of nitrogens with one attached hydrogen (secondary N) is 1. The molecule has 1 aromatic rings. The third kappa shape index (κ3) is 8.76. The van der Waals surface area contributed by atoms with Crippen molar-refractivity contribution in [2.75, 3.05) is 39.5 Å². The number of alkyl halides is 3. The second-order valence-electron chi connectivity index (χ2n) is 8.89. The Bertz CT molecular complexity index is 1030. The first-order chi connectivity index (χ1) is 17.8. The van der Waals surface area contributed by atoms with Crippen LogP contribution in [0.1, 0.15) is 45.8 Å². The number of unbranched alkanes of at least 4 members (excludes halogenated alkanes) is 2. The van der Waals surface area contributed by atoms with Gasteiger partial charge in [-0.25, -0.2) is 0 Å². The number of fused-ring (bicyclic) bond motifs is 1. The van der Waals surface area contributed by atoms with Crippen molar-refractivity contribution in [2.24, 2.45) is 0 Å². The fraction of sp³-hybridized carbons (Fsp3) is 0.593. The summed E-state index contributed by atoms with van der Waals surface area (Å²) in [5.41, 5.74) is -0.0859. The molecule has 7 nitrogen and oxygen atoms in total. The molecule has 2 fully saturated rings. The van der Waals surface area contributed by atoms with Crippen molar-refractivity contribution >= 4 is 0 Å². The Labute approximate surface area is 215 Å². The SMILES string of the molecule is C/C(=C\C=C1\C(OCCCCCOc2coc(CN3CCOCC3)cc2=O)=CC2NC12)C(F)(F)F.CC. The van der Waals surface area contributed by atoms with Crippen LogP contribution in [0.25, 0.3) is 0 Å². The van der Waals surface area contributed by atoms with Crippen LogP contribution in [0.5, 0.6) is 5.75 Å². The third-order valence-corrected chi connectivity index (χ3v) is 6.17. The van der Waals surface area contributed by atoms with Crippen LogP contribution in [0.2, 0.25) is 0 Å². The van der Waals surface area contributed by atoms with E-state index in [9.17, 15) is 18.0 Å². The number of ether oxygens (including phenoxy) is 3. The second kappa shape index (κ2) is 13.8. The van der Waals surface area contributed by atoms with Crippen LogP contribution in [-0.4, -0.2) is 62.7 Å². The Balaban J connectivity index is 0.00000186. The van der Waals surface area contributed by atoms with E-state index < -0.39 is 11.7 Å². The van der Waals surface area contributed by atoms with Gasteiger partial charge in [-0.1, -0.05) is 26.0 Å². The van der Waals surface area contributed by atoms with Crippen molar-refractivity contribution in [1.29, 1.82) is 0 Å². The molecule has 1 N–H and O–H groups in total. The summed E-state index contributed by atoms with van der Waals surface area (Å²) in [6.07, 6.45) is 3.87. The molecular formula is C27H37F3N2O5. The molecule has 0 amide bonds. The minimum absolute atomic E-state index is 0.0441. The van der Waals surface area contributed by atoms with E-state index in [0.29, 0.717) is 44.5 Å². The summed E-state index contributed by atoms with van der Waals surface area (Å²) in [4.78, 5) is 14.4. The van der Waals surface area contributed by atoms with Gasteiger partial charge in [-0.05, 0) is 32.3 Å². The molecule has 2 aliphatic heterocycles. The Morgan fingerprint density at radius 3 is 2.54 bits per heavy atom. The molecule has 0 bridgehead atoms. The summed E-state index contributed by atoms with van der Waals surface area (Å²) in [5, 5.41) is 3.18. The maximum atomic E-state index is 12.7. The van der Waals surface area contributed by atoms with Crippen molar-refractivity contribution in [1.82, 2.24) is 10.2 Å². The lowest BCUT2D eigenvalue weighted by Gasteiger charge is -2.25. The van der Waals surface area contributed by atoms with Gasteiger partial charge in [-0.3, -0.25) is 15.0 Å². The number of hydrogen-bond donors (Lipinski definition) is 1. The zero-order chi connectivity index (χ0) is 26.8. The van der Waals surface area contributed by atoms with E-state index in [0.717, 1.165) is 50.9 Å². The van der Waals surface area contributed by atoms with Crippen LogP contribution < -0.4 is 15.5 Å². The molecule has 0 aromatic carbocycles. The van der Waals surface area contributed by atoms with Gasteiger partial charge in [0.15, 0.2) is 0 Å². The average Bonchev–Trinajstić information content (AvgIpc) is 3.56. The van der Waals surface area contributed by atoms with Gasteiger partial charge in [0, 0.05) is 36.3 Å². The molecule has 1 aliphatic carbocycles. The van der Waals surface area contributed by atoms with Crippen molar-refractivity contribution in [2.45, 2.75) is 64.8 Å². The molecule has 0 saturated carbocycles. The lowest BCUT2D eigenvalue weighted by Crippen LogP contribution is -2.35. The zero-order valence-corrected chi connectivity index (χ0v) is 21.7. The quantitative estimate of drug-likeness (QED) is 0.330. The predicted molar refractivity (Wildman–Crippen MR) is 134 cm³/mol. The summed E-state index contributed by atoms with van der Waals surface area (Å²) in [6.45, 7) is 9.47. The molecule has 1 aromatic heterocycles. The number of nitrogens with zero attached hydrogens (tertiary/aromatic N) is 1. The van der Waals surface area contributed by atoms with E-state index in [1.165, 1.54) is 18.4 Å². The van der Waals surface area contributed by atoms with Gasteiger partial charge in [0.2, 0.25) is 11.2 Å². The lowest BCUT2D eigenvalue weighted by molar-refractivity contribution is -0.0913. The number of halogens is 3. The van der Waals surface area contributed by atoms with Crippen LogP contribution >= 0.6 is 0 Å². The highest BCUT2D eigenvalue weighted by atomic mass is 19.4. The minimum Gasteiger partial charge on any atom is -0.494 e. The number of hydrogen-bond acceptors (Lipinski definition) is 7. The van der Waals surface area contributed by atoms with Gasteiger partial charge in [0.1, 0.15) is 17.8 Å². The Morgan fingerprint density at radius 2 is 1.86 bits per heavy atom. The molecule has 2 unspecified atom stereocenters. The highest BCUT2D eigenvalue weighted by Crippen LogP contribution is 2.36. The normalized spacial score (nSPS) is 22.7. The van der Waals surface area contributed by atoms with Gasteiger partial charge in [0.25, 0.3) is 0 Å². The summed E-state index contributed by atoms with van der Waals surface area (Å²) in [5.74, 6) is 1.45. The van der Waals surface area contributed by atoms with Gasteiger partial charge in [-0.2, -0.15) is 13.2 Å². The first kappa shape index (κ1) is 29.0. The topological polar surface area (TPSA) is 83.1 Å². The molecule has 206 valence electrons. The number of allylic oxidation sites excluding steroid dienone is 3. The molecule has 37 heavy (non-hydrogen) atoms. The van der Waals surface area contributed by atoms with Crippen molar-refractivity contribution in [3.8, 4) is 5.75 Å². The first-order valence-electron chi connectivity index (χ1n) is 12.9. The van der Waals surface area contributed by atoms with Crippen molar-refractivity contribution in [3.63, 3.8) is 0 Å².